The van der Waals surface area contributed by atoms with Gasteiger partial charge in [0, 0.05) is 5.54 Å². The summed E-state index contributed by atoms with van der Waals surface area (Å²) >= 11 is 0. The van der Waals surface area contributed by atoms with Crippen LogP contribution in [0.2, 0.25) is 0 Å². The minimum absolute atomic E-state index is 0.0849. The lowest BCUT2D eigenvalue weighted by Crippen LogP contribution is -2.45. The Balaban J connectivity index is 1.96. The molecule has 0 bridgehead atoms. The fourth-order valence-corrected chi connectivity index (χ4v) is 2.71. The van der Waals surface area contributed by atoms with E-state index in [4.69, 9.17) is 5.26 Å². The third-order valence-corrected chi connectivity index (χ3v) is 4.28. The second kappa shape index (κ2) is 6.52. The van der Waals surface area contributed by atoms with Crippen LogP contribution in [0.5, 0.6) is 0 Å². The summed E-state index contributed by atoms with van der Waals surface area (Å²) in [5.41, 5.74) is 0.302. The molecule has 1 aliphatic rings. The van der Waals surface area contributed by atoms with Crippen LogP contribution < -0.4 is 0 Å². The van der Waals surface area contributed by atoms with Crippen molar-refractivity contribution in [3.05, 3.63) is 29.6 Å². The molecule has 2 rings (SSSR count). The summed E-state index contributed by atoms with van der Waals surface area (Å²) < 4.78 is 0. The zero-order chi connectivity index (χ0) is 15.5. The van der Waals surface area contributed by atoms with Crippen molar-refractivity contribution < 1.29 is 10.3 Å². The maximum atomic E-state index is 10.3. The molecule has 1 saturated carbocycles. The van der Waals surface area contributed by atoms with Crippen molar-refractivity contribution in [2.45, 2.75) is 51.2 Å². The Morgan fingerprint density at radius 1 is 1.48 bits per heavy atom. The van der Waals surface area contributed by atoms with Gasteiger partial charge in [-0.1, -0.05) is 25.3 Å². The third kappa shape index (κ3) is 4.01. The first kappa shape index (κ1) is 15.9. The van der Waals surface area contributed by atoms with Gasteiger partial charge >= 0.3 is 0 Å². The van der Waals surface area contributed by atoms with Crippen molar-refractivity contribution in [3.8, 4) is 6.07 Å². The second-order valence-electron chi connectivity index (χ2n) is 6.47. The summed E-state index contributed by atoms with van der Waals surface area (Å²) in [6, 6.07) is 6.89. The van der Waals surface area contributed by atoms with Gasteiger partial charge in [0.2, 0.25) is 0 Å². The van der Waals surface area contributed by atoms with Crippen LogP contribution in [-0.4, -0.2) is 32.4 Å². The highest BCUT2D eigenvalue weighted by Crippen LogP contribution is 2.35. The lowest BCUT2D eigenvalue weighted by Gasteiger charge is -2.39. The van der Waals surface area contributed by atoms with Gasteiger partial charge in [0.25, 0.3) is 0 Å². The third-order valence-electron chi connectivity index (χ3n) is 4.28. The number of rotatable bonds is 6. The first-order chi connectivity index (χ1) is 9.92. The smallest absolute Gasteiger partial charge is 0.140 e. The van der Waals surface area contributed by atoms with Crippen LogP contribution in [0.25, 0.3) is 0 Å². The molecule has 0 spiro atoms. The zero-order valence-electron chi connectivity index (χ0n) is 12.7. The number of aliphatic hydroxyl groups is 1. The Hall–Kier alpha value is -1.48. The van der Waals surface area contributed by atoms with Crippen LogP contribution in [0, 0.1) is 17.2 Å². The first-order valence-electron chi connectivity index (χ1n) is 7.44. The normalized spacial score (nSPS) is 17.3. The predicted molar refractivity (Wildman–Crippen MR) is 78.4 cm³/mol. The molecule has 1 heterocycles. The molecular weight excluding hydrogens is 266 g/mol. The number of aromatic nitrogens is 1. The summed E-state index contributed by atoms with van der Waals surface area (Å²) in [5.74, 6) is 0.673. The molecular formula is C16H23N3O2. The minimum Gasteiger partial charge on any atom is -0.385 e. The van der Waals surface area contributed by atoms with E-state index in [0.717, 1.165) is 6.42 Å². The Morgan fingerprint density at radius 3 is 2.76 bits per heavy atom. The van der Waals surface area contributed by atoms with Crippen molar-refractivity contribution >= 4 is 0 Å². The van der Waals surface area contributed by atoms with Crippen molar-refractivity contribution in [1.82, 2.24) is 10.0 Å². The molecule has 0 saturated heterocycles. The summed E-state index contributed by atoms with van der Waals surface area (Å²) in [5, 5.41) is 30.5. The number of β-amino-alcohol motifs (C(OH)–C–C–N with tert-alkyl or cyclic N) is 1. The summed E-state index contributed by atoms with van der Waals surface area (Å²) in [7, 11) is 0. The van der Waals surface area contributed by atoms with E-state index in [0.29, 0.717) is 11.6 Å². The number of hydrogen-bond donors (Lipinski definition) is 2. The van der Waals surface area contributed by atoms with Gasteiger partial charge in [-0.2, -0.15) is 10.3 Å². The van der Waals surface area contributed by atoms with E-state index in [2.05, 4.69) is 4.98 Å². The van der Waals surface area contributed by atoms with Gasteiger partial charge < -0.3 is 10.3 Å². The molecule has 1 atom stereocenters. The lowest BCUT2D eigenvalue weighted by atomic mass is 9.77. The van der Waals surface area contributed by atoms with E-state index in [9.17, 15) is 10.3 Å². The number of hydrogen-bond acceptors (Lipinski definition) is 5. The molecule has 5 nitrogen and oxygen atoms in total. The molecule has 1 aromatic rings. The molecule has 0 radical (unpaired) electrons. The highest BCUT2D eigenvalue weighted by atomic mass is 16.5. The van der Waals surface area contributed by atoms with Gasteiger partial charge in [0.05, 0.1) is 12.2 Å². The van der Waals surface area contributed by atoms with Gasteiger partial charge in [-0.25, -0.2) is 4.98 Å². The molecule has 1 aliphatic carbocycles. The lowest BCUT2D eigenvalue weighted by molar-refractivity contribution is -0.185. The molecule has 1 fully saturated rings. The van der Waals surface area contributed by atoms with Crippen LogP contribution >= 0.6 is 0 Å². The highest BCUT2D eigenvalue weighted by Gasteiger charge is 2.33. The Kier molecular flexibility index (Phi) is 4.94. The fraction of sp³-hybridized carbons (Fsp3) is 0.625. The van der Waals surface area contributed by atoms with E-state index in [1.54, 1.807) is 18.2 Å². The molecule has 0 amide bonds. The van der Waals surface area contributed by atoms with Crippen molar-refractivity contribution in [1.29, 1.82) is 5.26 Å². The maximum absolute atomic E-state index is 10.3. The molecule has 0 unspecified atom stereocenters. The molecule has 5 heteroatoms. The molecule has 21 heavy (non-hydrogen) atoms. The van der Waals surface area contributed by atoms with Crippen molar-refractivity contribution in [2.75, 3.05) is 6.54 Å². The Morgan fingerprint density at radius 2 is 2.19 bits per heavy atom. The van der Waals surface area contributed by atoms with E-state index < -0.39 is 6.10 Å². The topological polar surface area (TPSA) is 80.4 Å². The summed E-state index contributed by atoms with van der Waals surface area (Å²) in [6.07, 6.45) is 3.74. The number of nitriles is 1. The van der Waals surface area contributed by atoms with Crippen molar-refractivity contribution in [3.63, 3.8) is 0 Å². The fourth-order valence-electron chi connectivity index (χ4n) is 2.71. The standard InChI is InChI=1S/C16H23N3O2/c1-16(2,9-12-5-3-6-12)19(21)11-15(20)14-8-4-7-13(10-17)18-14/h4,7-8,12,15,20-21H,3,5-6,9,11H2,1-2H3/t15-/m0/s1. The monoisotopic (exact) mass is 289 g/mol. The van der Waals surface area contributed by atoms with Crippen LogP contribution in [-0.2, 0) is 0 Å². The number of pyridine rings is 1. The van der Waals surface area contributed by atoms with E-state index in [1.807, 2.05) is 19.9 Å². The molecule has 2 N–H and O–H groups in total. The van der Waals surface area contributed by atoms with E-state index in [1.165, 1.54) is 24.3 Å². The summed E-state index contributed by atoms with van der Waals surface area (Å²) in [4.78, 5) is 4.07. The highest BCUT2D eigenvalue weighted by molar-refractivity contribution is 5.23. The number of hydroxylamine groups is 2. The maximum Gasteiger partial charge on any atom is 0.140 e. The number of nitrogens with zero attached hydrogens (tertiary/aromatic N) is 3. The van der Waals surface area contributed by atoms with E-state index in [-0.39, 0.29) is 17.8 Å². The predicted octanol–water partition coefficient (Wildman–Crippen LogP) is 2.65. The SMILES string of the molecule is CC(C)(CC1CCC1)N(O)C[C@H](O)c1cccc(C#N)n1. The molecule has 114 valence electrons. The molecule has 1 aromatic heterocycles. The minimum atomic E-state index is -0.913. The molecule has 0 aromatic carbocycles. The van der Waals surface area contributed by atoms with Crippen LogP contribution in [0.3, 0.4) is 0 Å². The zero-order valence-corrected chi connectivity index (χ0v) is 12.7. The van der Waals surface area contributed by atoms with Gasteiger partial charge in [-0.05, 0) is 38.3 Å². The van der Waals surface area contributed by atoms with Gasteiger partial charge in [-0.3, -0.25) is 0 Å². The van der Waals surface area contributed by atoms with Gasteiger partial charge in [-0.15, -0.1) is 0 Å². The Bertz CT molecular complexity index is 520. The first-order valence-corrected chi connectivity index (χ1v) is 7.44. The van der Waals surface area contributed by atoms with Crippen LogP contribution in [0.1, 0.15) is 57.0 Å². The second-order valence-corrected chi connectivity index (χ2v) is 6.47. The quantitative estimate of drug-likeness (QED) is 0.787. The van der Waals surface area contributed by atoms with Gasteiger partial charge in [0.1, 0.15) is 17.9 Å². The van der Waals surface area contributed by atoms with E-state index >= 15 is 0 Å². The van der Waals surface area contributed by atoms with Crippen LogP contribution in [0.4, 0.5) is 0 Å². The Labute approximate surface area is 125 Å². The number of aliphatic hydroxyl groups excluding tert-OH is 1. The largest absolute Gasteiger partial charge is 0.385 e. The summed E-state index contributed by atoms with van der Waals surface area (Å²) in [6.45, 7) is 4.05. The van der Waals surface area contributed by atoms with Gasteiger partial charge in [0.15, 0.2) is 0 Å². The van der Waals surface area contributed by atoms with Crippen molar-refractivity contribution in [2.24, 2.45) is 5.92 Å². The average Bonchev–Trinajstić information content (AvgIpc) is 2.43. The van der Waals surface area contributed by atoms with Crippen LogP contribution in [0.15, 0.2) is 18.2 Å². The average molecular weight is 289 g/mol. The molecule has 0 aliphatic heterocycles.